The van der Waals surface area contributed by atoms with E-state index in [1.165, 1.54) is 37.7 Å². The molecule has 1 aliphatic rings. The van der Waals surface area contributed by atoms with Crippen molar-refractivity contribution in [1.82, 2.24) is 10.6 Å². The van der Waals surface area contributed by atoms with Gasteiger partial charge in [0.15, 0.2) is 5.96 Å². The summed E-state index contributed by atoms with van der Waals surface area (Å²) < 4.78 is 0. The third-order valence-corrected chi connectivity index (χ3v) is 5.86. The van der Waals surface area contributed by atoms with Crippen LogP contribution in [0.15, 0.2) is 21.8 Å². The molecule has 0 radical (unpaired) electrons. The van der Waals surface area contributed by atoms with E-state index >= 15 is 0 Å². The molecule has 1 heterocycles. The van der Waals surface area contributed by atoms with Crippen molar-refractivity contribution in [3.8, 4) is 0 Å². The van der Waals surface area contributed by atoms with Crippen LogP contribution in [0, 0.1) is 5.41 Å². The number of hydrogen-bond donors (Lipinski definition) is 3. The topological polar surface area (TPSA) is 56.7 Å². The van der Waals surface area contributed by atoms with Gasteiger partial charge in [-0.05, 0) is 59.9 Å². The number of aliphatic imine (C=N–C) groups is 1. The van der Waals surface area contributed by atoms with Crippen molar-refractivity contribution in [3.63, 3.8) is 0 Å². The van der Waals surface area contributed by atoms with Crippen molar-refractivity contribution in [2.45, 2.75) is 58.3 Å². The number of hydrogen-bond acceptors (Lipinski definition) is 3. The zero-order valence-electron chi connectivity index (χ0n) is 15.6. The van der Waals surface area contributed by atoms with Crippen LogP contribution in [0.1, 0.15) is 63.9 Å². The van der Waals surface area contributed by atoms with E-state index in [1.807, 2.05) is 0 Å². The molecule has 1 fully saturated rings. The summed E-state index contributed by atoms with van der Waals surface area (Å²) in [4.78, 5) is 4.87. The van der Waals surface area contributed by atoms with E-state index in [4.69, 9.17) is 4.99 Å². The van der Waals surface area contributed by atoms with Gasteiger partial charge < -0.3 is 15.7 Å². The van der Waals surface area contributed by atoms with Gasteiger partial charge in [0.2, 0.25) is 0 Å². The molecule has 1 aliphatic carbocycles. The second kappa shape index (κ2) is 12.1. The van der Waals surface area contributed by atoms with Crippen LogP contribution in [-0.4, -0.2) is 37.3 Å². The van der Waals surface area contributed by atoms with Crippen molar-refractivity contribution in [2.75, 3.05) is 26.2 Å². The maximum absolute atomic E-state index is 9.46. The number of aliphatic hydroxyl groups excluding tert-OH is 1. The Labute approximate surface area is 173 Å². The summed E-state index contributed by atoms with van der Waals surface area (Å²) in [7, 11) is 0. The van der Waals surface area contributed by atoms with E-state index in [2.05, 4.69) is 41.3 Å². The van der Waals surface area contributed by atoms with Gasteiger partial charge in [-0.1, -0.05) is 26.2 Å². The minimum Gasteiger partial charge on any atom is -0.396 e. The molecule has 1 aromatic rings. The standard InChI is InChI=1S/C19H33N3OS.HI/c1-3-20-18(21-13-16(2)17-7-12-24-14-17)22-15-19(10-11-23)8-5-4-6-9-19;/h7,12,14,16,23H,3-6,8-11,13,15H2,1-2H3,(H2,20,21,22);1H. The normalized spacial score (nSPS) is 18.3. The summed E-state index contributed by atoms with van der Waals surface area (Å²) >= 11 is 1.75. The molecule has 25 heavy (non-hydrogen) atoms. The minimum atomic E-state index is 0. The highest BCUT2D eigenvalue weighted by Gasteiger charge is 2.31. The number of rotatable bonds is 8. The first kappa shape index (κ1) is 22.7. The Balaban J connectivity index is 0.00000312. The average Bonchev–Trinajstić information content (AvgIpc) is 3.13. The Hall–Kier alpha value is -0.340. The van der Waals surface area contributed by atoms with Crippen LogP contribution in [0.2, 0.25) is 0 Å². The predicted molar refractivity (Wildman–Crippen MR) is 119 cm³/mol. The summed E-state index contributed by atoms with van der Waals surface area (Å²) in [6, 6.07) is 2.19. The summed E-state index contributed by atoms with van der Waals surface area (Å²) in [5, 5.41) is 20.7. The fourth-order valence-electron chi connectivity index (χ4n) is 3.54. The average molecular weight is 479 g/mol. The van der Waals surface area contributed by atoms with Gasteiger partial charge in [0.1, 0.15) is 0 Å². The minimum absolute atomic E-state index is 0. The van der Waals surface area contributed by atoms with Crippen molar-refractivity contribution in [2.24, 2.45) is 10.4 Å². The molecule has 1 unspecified atom stereocenters. The van der Waals surface area contributed by atoms with Crippen LogP contribution in [0.25, 0.3) is 0 Å². The molecule has 3 N–H and O–H groups in total. The van der Waals surface area contributed by atoms with Crippen LogP contribution >= 0.6 is 35.3 Å². The van der Waals surface area contributed by atoms with Crippen LogP contribution in [0.5, 0.6) is 0 Å². The number of aliphatic hydroxyl groups is 1. The first-order chi connectivity index (χ1) is 11.7. The molecule has 0 amide bonds. The van der Waals surface area contributed by atoms with Gasteiger partial charge >= 0.3 is 0 Å². The fourth-order valence-corrected chi connectivity index (χ4v) is 4.32. The van der Waals surface area contributed by atoms with Crippen molar-refractivity contribution in [1.29, 1.82) is 0 Å². The van der Waals surface area contributed by atoms with Gasteiger partial charge in [0.05, 0.1) is 0 Å². The van der Waals surface area contributed by atoms with E-state index < -0.39 is 0 Å². The van der Waals surface area contributed by atoms with E-state index in [1.54, 1.807) is 11.3 Å². The van der Waals surface area contributed by atoms with Gasteiger partial charge in [0.25, 0.3) is 0 Å². The quantitative estimate of drug-likeness (QED) is 0.295. The van der Waals surface area contributed by atoms with Gasteiger partial charge in [-0.25, -0.2) is 0 Å². The Morgan fingerprint density at radius 1 is 1.32 bits per heavy atom. The number of thiophene rings is 1. The molecule has 2 rings (SSSR count). The predicted octanol–water partition coefficient (Wildman–Crippen LogP) is 4.36. The summed E-state index contributed by atoms with van der Waals surface area (Å²) in [6.07, 6.45) is 7.14. The van der Waals surface area contributed by atoms with Crippen LogP contribution < -0.4 is 10.6 Å². The lowest BCUT2D eigenvalue weighted by molar-refractivity contribution is 0.137. The number of halogens is 1. The summed E-state index contributed by atoms with van der Waals surface area (Å²) in [5.41, 5.74) is 1.58. The zero-order valence-corrected chi connectivity index (χ0v) is 18.7. The molecule has 0 saturated heterocycles. The Morgan fingerprint density at radius 3 is 2.68 bits per heavy atom. The molecular weight excluding hydrogens is 445 g/mol. The van der Waals surface area contributed by atoms with Crippen LogP contribution in [0.3, 0.4) is 0 Å². The molecule has 0 spiro atoms. The molecule has 1 saturated carbocycles. The first-order valence-corrected chi connectivity index (χ1v) is 10.3. The molecule has 0 bridgehead atoms. The highest BCUT2D eigenvalue weighted by Crippen LogP contribution is 2.39. The highest BCUT2D eigenvalue weighted by atomic mass is 127. The summed E-state index contributed by atoms with van der Waals surface area (Å²) in [5.74, 6) is 1.38. The van der Waals surface area contributed by atoms with E-state index in [0.29, 0.717) is 5.92 Å². The van der Waals surface area contributed by atoms with E-state index in [-0.39, 0.29) is 36.0 Å². The van der Waals surface area contributed by atoms with Crippen molar-refractivity contribution in [3.05, 3.63) is 22.4 Å². The van der Waals surface area contributed by atoms with Crippen LogP contribution in [0.4, 0.5) is 0 Å². The monoisotopic (exact) mass is 479 g/mol. The van der Waals surface area contributed by atoms with E-state index in [9.17, 15) is 5.11 Å². The third-order valence-electron chi connectivity index (χ3n) is 5.16. The summed E-state index contributed by atoms with van der Waals surface area (Å²) in [6.45, 7) is 7.18. The first-order valence-electron chi connectivity index (χ1n) is 9.34. The Morgan fingerprint density at radius 2 is 2.08 bits per heavy atom. The van der Waals surface area contributed by atoms with Crippen molar-refractivity contribution >= 4 is 41.3 Å². The SMILES string of the molecule is CCNC(=NCC1(CCO)CCCCC1)NCC(C)c1ccsc1.I. The second-order valence-electron chi connectivity index (χ2n) is 7.07. The molecule has 144 valence electrons. The lowest BCUT2D eigenvalue weighted by Crippen LogP contribution is -2.40. The Bertz CT molecular complexity index is 481. The molecule has 4 nitrogen and oxygen atoms in total. The maximum atomic E-state index is 9.46. The number of guanidine groups is 1. The molecule has 0 aliphatic heterocycles. The lowest BCUT2D eigenvalue weighted by atomic mass is 9.72. The molecule has 1 atom stereocenters. The smallest absolute Gasteiger partial charge is 0.191 e. The lowest BCUT2D eigenvalue weighted by Gasteiger charge is -2.35. The van der Waals surface area contributed by atoms with Crippen molar-refractivity contribution < 1.29 is 5.11 Å². The maximum Gasteiger partial charge on any atom is 0.191 e. The van der Waals surface area contributed by atoms with Gasteiger partial charge in [-0.2, -0.15) is 11.3 Å². The molecule has 6 heteroatoms. The molecule has 0 aromatic carbocycles. The highest BCUT2D eigenvalue weighted by molar-refractivity contribution is 14.0. The van der Waals surface area contributed by atoms with Gasteiger partial charge in [0, 0.05) is 26.2 Å². The third kappa shape index (κ3) is 7.43. The van der Waals surface area contributed by atoms with Gasteiger partial charge in [-0.3, -0.25) is 4.99 Å². The number of nitrogens with zero attached hydrogens (tertiary/aromatic N) is 1. The Kier molecular flexibility index (Phi) is 11.0. The molecule has 1 aromatic heterocycles. The molecular formula is C19H34IN3OS. The largest absolute Gasteiger partial charge is 0.396 e. The van der Waals surface area contributed by atoms with Gasteiger partial charge in [-0.15, -0.1) is 24.0 Å². The second-order valence-corrected chi connectivity index (χ2v) is 7.85. The van der Waals surface area contributed by atoms with E-state index in [0.717, 1.165) is 32.0 Å². The number of nitrogens with one attached hydrogen (secondary N) is 2. The zero-order chi connectivity index (χ0) is 17.3. The van der Waals surface area contributed by atoms with Crippen LogP contribution in [-0.2, 0) is 0 Å². The fraction of sp³-hybridized carbons (Fsp3) is 0.737.